The zero-order valence-corrected chi connectivity index (χ0v) is 11.8. The normalized spacial score (nSPS) is 12.0. The summed E-state index contributed by atoms with van der Waals surface area (Å²) in [5.41, 5.74) is 0.560. The molecule has 2 amide bonds. The van der Waals surface area contributed by atoms with Gasteiger partial charge in [-0.3, -0.25) is 9.59 Å². The summed E-state index contributed by atoms with van der Waals surface area (Å²) in [4.78, 5) is 23.8. The van der Waals surface area contributed by atoms with Crippen molar-refractivity contribution in [1.29, 1.82) is 0 Å². The molecule has 0 radical (unpaired) electrons. The van der Waals surface area contributed by atoms with Crippen molar-refractivity contribution in [1.82, 2.24) is 10.6 Å². The van der Waals surface area contributed by atoms with Crippen LogP contribution >= 0.6 is 0 Å². The van der Waals surface area contributed by atoms with Crippen LogP contribution in [0.25, 0.3) is 0 Å². The largest absolute Gasteiger partial charge is 0.352 e. The first-order valence-corrected chi connectivity index (χ1v) is 6.74. The molecule has 2 N–H and O–H groups in total. The maximum Gasteiger partial charge on any atom is 0.251 e. The Balaban J connectivity index is 2.52. The molecule has 1 aromatic rings. The van der Waals surface area contributed by atoms with Gasteiger partial charge in [-0.2, -0.15) is 0 Å². The predicted molar refractivity (Wildman–Crippen MR) is 75.9 cm³/mol. The maximum atomic E-state index is 11.9. The summed E-state index contributed by atoms with van der Waals surface area (Å²) in [5, 5.41) is 5.62. The Labute approximate surface area is 114 Å². The van der Waals surface area contributed by atoms with E-state index in [1.165, 1.54) is 0 Å². The average molecular weight is 262 g/mol. The highest BCUT2D eigenvalue weighted by Crippen LogP contribution is 2.00. The number of amides is 2. The van der Waals surface area contributed by atoms with Crippen molar-refractivity contribution in [2.24, 2.45) is 0 Å². The number of rotatable bonds is 6. The van der Waals surface area contributed by atoms with E-state index in [9.17, 15) is 9.59 Å². The highest BCUT2D eigenvalue weighted by Gasteiger charge is 2.18. The van der Waals surface area contributed by atoms with E-state index in [1.807, 2.05) is 19.9 Å². The van der Waals surface area contributed by atoms with Crippen LogP contribution in [0.1, 0.15) is 44.0 Å². The van der Waals surface area contributed by atoms with E-state index in [0.717, 1.165) is 12.8 Å². The molecule has 0 aliphatic rings. The van der Waals surface area contributed by atoms with Crippen LogP contribution in [0, 0.1) is 0 Å². The molecule has 4 nitrogen and oxygen atoms in total. The second-order valence-corrected chi connectivity index (χ2v) is 4.58. The minimum atomic E-state index is -0.534. The molecular formula is C15H22N2O2. The van der Waals surface area contributed by atoms with Crippen LogP contribution in [0.2, 0.25) is 0 Å². The Bertz CT molecular complexity index is 413. The summed E-state index contributed by atoms with van der Waals surface area (Å²) in [6.07, 6.45) is 1.78. The summed E-state index contributed by atoms with van der Waals surface area (Å²) in [6, 6.07) is 8.52. The van der Waals surface area contributed by atoms with E-state index in [1.54, 1.807) is 31.2 Å². The highest BCUT2D eigenvalue weighted by molar-refractivity contribution is 5.97. The Morgan fingerprint density at radius 3 is 2.16 bits per heavy atom. The van der Waals surface area contributed by atoms with Crippen LogP contribution in [0.4, 0.5) is 0 Å². The lowest BCUT2D eigenvalue weighted by molar-refractivity contribution is -0.123. The Kier molecular flexibility index (Phi) is 6.06. The van der Waals surface area contributed by atoms with Crippen molar-refractivity contribution in [2.45, 2.75) is 45.7 Å². The van der Waals surface area contributed by atoms with Crippen molar-refractivity contribution >= 4 is 11.8 Å². The van der Waals surface area contributed by atoms with E-state index >= 15 is 0 Å². The van der Waals surface area contributed by atoms with Crippen molar-refractivity contribution < 1.29 is 9.59 Å². The van der Waals surface area contributed by atoms with Gasteiger partial charge >= 0.3 is 0 Å². The fourth-order valence-electron chi connectivity index (χ4n) is 1.75. The highest BCUT2D eigenvalue weighted by atomic mass is 16.2. The first kappa shape index (κ1) is 15.2. The molecular weight excluding hydrogens is 240 g/mol. The summed E-state index contributed by atoms with van der Waals surface area (Å²) in [7, 11) is 0. The van der Waals surface area contributed by atoms with Gasteiger partial charge in [0.15, 0.2) is 0 Å². The van der Waals surface area contributed by atoms with Crippen LogP contribution in [0.5, 0.6) is 0 Å². The fraction of sp³-hybridized carbons (Fsp3) is 0.467. The molecule has 4 heteroatoms. The predicted octanol–water partition coefficient (Wildman–Crippen LogP) is 2.11. The molecule has 0 saturated heterocycles. The third-order valence-electron chi connectivity index (χ3n) is 3.11. The smallest absolute Gasteiger partial charge is 0.251 e. The lowest BCUT2D eigenvalue weighted by Crippen LogP contribution is -2.47. The molecule has 0 aromatic heterocycles. The zero-order chi connectivity index (χ0) is 14.3. The molecule has 0 aliphatic carbocycles. The molecule has 0 saturated carbocycles. The minimum absolute atomic E-state index is 0.141. The van der Waals surface area contributed by atoms with Crippen molar-refractivity contribution in [3.8, 4) is 0 Å². The van der Waals surface area contributed by atoms with Crippen LogP contribution in [-0.2, 0) is 4.79 Å². The van der Waals surface area contributed by atoms with Gasteiger partial charge in [0, 0.05) is 11.6 Å². The van der Waals surface area contributed by atoms with Crippen LogP contribution in [0.15, 0.2) is 30.3 Å². The van der Waals surface area contributed by atoms with Gasteiger partial charge in [0.25, 0.3) is 5.91 Å². The molecule has 0 heterocycles. The van der Waals surface area contributed by atoms with Gasteiger partial charge in [0.2, 0.25) is 5.91 Å². The monoisotopic (exact) mass is 262 g/mol. The SMILES string of the molecule is CCC(CC)NC(=O)C(C)NC(=O)c1ccccc1. The van der Waals surface area contributed by atoms with Gasteiger partial charge in [-0.15, -0.1) is 0 Å². The van der Waals surface area contributed by atoms with Gasteiger partial charge in [-0.05, 0) is 31.9 Å². The third-order valence-corrected chi connectivity index (χ3v) is 3.11. The number of benzene rings is 1. The molecule has 1 unspecified atom stereocenters. The van der Waals surface area contributed by atoms with Crippen molar-refractivity contribution in [2.75, 3.05) is 0 Å². The van der Waals surface area contributed by atoms with E-state index in [4.69, 9.17) is 0 Å². The summed E-state index contributed by atoms with van der Waals surface area (Å²) in [6.45, 7) is 5.75. The Morgan fingerprint density at radius 2 is 1.63 bits per heavy atom. The lowest BCUT2D eigenvalue weighted by atomic mass is 10.1. The molecule has 1 aromatic carbocycles. The Morgan fingerprint density at radius 1 is 1.05 bits per heavy atom. The number of hydrogen-bond acceptors (Lipinski definition) is 2. The summed E-state index contributed by atoms with van der Waals surface area (Å²) < 4.78 is 0. The van der Waals surface area contributed by atoms with E-state index < -0.39 is 6.04 Å². The topological polar surface area (TPSA) is 58.2 Å². The number of nitrogens with one attached hydrogen (secondary N) is 2. The standard InChI is InChI=1S/C15H22N2O2/c1-4-13(5-2)17-14(18)11(3)16-15(19)12-9-7-6-8-10-12/h6-11,13H,4-5H2,1-3H3,(H,16,19)(H,17,18). The lowest BCUT2D eigenvalue weighted by Gasteiger charge is -2.19. The number of carbonyl (C=O) groups is 2. The number of hydrogen-bond donors (Lipinski definition) is 2. The van der Waals surface area contributed by atoms with Gasteiger partial charge in [0.1, 0.15) is 6.04 Å². The van der Waals surface area contributed by atoms with E-state index in [0.29, 0.717) is 5.56 Å². The van der Waals surface area contributed by atoms with Crippen LogP contribution in [0.3, 0.4) is 0 Å². The molecule has 1 rings (SSSR count). The minimum Gasteiger partial charge on any atom is -0.352 e. The fourth-order valence-corrected chi connectivity index (χ4v) is 1.75. The van der Waals surface area contributed by atoms with Crippen molar-refractivity contribution in [3.63, 3.8) is 0 Å². The van der Waals surface area contributed by atoms with Gasteiger partial charge in [-0.25, -0.2) is 0 Å². The second-order valence-electron chi connectivity index (χ2n) is 4.58. The van der Waals surface area contributed by atoms with Crippen LogP contribution in [-0.4, -0.2) is 23.9 Å². The van der Waals surface area contributed by atoms with Crippen molar-refractivity contribution in [3.05, 3.63) is 35.9 Å². The summed E-state index contributed by atoms with van der Waals surface area (Å²) >= 11 is 0. The zero-order valence-electron chi connectivity index (χ0n) is 11.8. The second kappa shape index (κ2) is 7.56. The van der Waals surface area contributed by atoms with Gasteiger partial charge in [0.05, 0.1) is 0 Å². The molecule has 104 valence electrons. The quantitative estimate of drug-likeness (QED) is 0.825. The molecule has 0 bridgehead atoms. The first-order chi connectivity index (χ1) is 9.08. The van der Waals surface area contributed by atoms with Gasteiger partial charge in [-0.1, -0.05) is 32.0 Å². The summed E-state index contributed by atoms with van der Waals surface area (Å²) in [5.74, 6) is -0.370. The van der Waals surface area contributed by atoms with E-state index in [2.05, 4.69) is 10.6 Å². The molecule has 0 aliphatic heterocycles. The average Bonchev–Trinajstić information content (AvgIpc) is 2.45. The van der Waals surface area contributed by atoms with Crippen LogP contribution < -0.4 is 10.6 Å². The first-order valence-electron chi connectivity index (χ1n) is 6.74. The Hall–Kier alpha value is -1.84. The van der Waals surface area contributed by atoms with E-state index in [-0.39, 0.29) is 17.9 Å². The molecule has 19 heavy (non-hydrogen) atoms. The maximum absolute atomic E-state index is 11.9. The third kappa shape index (κ3) is 4.73. The molecule has 0 spiro atoms. The molecule has 1 atom stereocenters. The number of carbonyl (C=O) groups excluding carboxylic acids is 2. The van der Waals surface area contributed by atoms with Gasteiger partial charge < -0.3 is 10.6 Å². The molecule has 0 fully saturated rings.